The van der Waals surface area contributed by atoms with Gasteiger partial charge in [-0.25, -0.2) is 9.06 Å². The van der Waals surface area contributed by atoms with E-state index in [9.17, 15) is 4.39 Å². The van der Waals surface area contributed by atoms with Crippen molar-refractivity contribution in [2.24, 2.45) is 0 Å². The van der Waals surface area contributed by atoms with Gasteiger partial charge in [-0.2, -0.15) is 0 Å². The SMILES string of the molecule is CN(c1ccc(F)cc1)[P+](c1ccccc1)(c1ccccc1)c1ccccc1. The van der Waals surface area contributed by atoms with Crippen LogP contribution in [-0.4, -0.2) is 7.05 Å². The second kappa shape index (κ2) is 7.96. The number of rotatable bonds is 5. The van der Waals surface area contributed by atoms with Crippen LogP contribution in [0.15, 0.2) is 115 Å². The number of anilines is 1. The molecular formula is C25H22FNP+. The van der Waals surface area contributed by atoms with Crippen molar-refractivity contribution in [2.45, 2.75) is 0 Å². The van der Waals surface area contributed by atoms with Crippen molar-refractivity contribution >= 4 is 29.0 Å². The highest BCUT2D eigenvalue weighted by molar-refractivity contribution is 7.96. The Hall–Kier alpha value is -2.96. The molecule has 0 aromatic heterocycles. The number of nitrogens with zero attached hydrogens (tertiary/aromatic N) is 1. The van der Waals surface area contributed by atoms with Gasteiger partial charge >= 0.3 is 0 Å². The summed E-state index contributed by atoms with van der Waals surface area (Å²) in [6, 6.07) is 38.7. The molecule has 0 aliphatic carbocycles. The van der Waals surface area contributed by atoms with Gasteiger partial charge in [0.05, 0.1) is 5.69 Å². The Bertz CT molecular complexity index is 922. The lowest BCUT2D eigenvalue weighted by Crippen LogP contribution is -2.41. The monoisotopic (exact) mass is 386 g/mol. The quantitative estimate of drug-likeness (QED) is 0.428. The van der Waals surface area contributed by atoms with E-state index in [1.54, 1.807) is 0 Å². The standard InChI is InChI=1S/C25H22FNP/c1-27(22-19-17-21(26)18-20-22)28(23-11-5-2-6-12-23,24-13-7-3-8-14-24)25-15-9-4-10-16-25/h2-20H,1H3/q+1. The average molecular weight is 386 g/mol. The van der Waals surface area contributed by atoms with E-state index in [4.69, 9.17) is 0 Å². The third-order valence-corrected chi connectivity index (χ3v) is 9.31. The molecule has 0 aliphatic rings. The molecule has 4 aromatic carbocycles. The zero-order chi connectivity index (χ0) is 19.4. The molecular weight excluding hydrogens is 364 g/mol. The topological polar surface area (TPSA) is 3.24 Å². The molecule has 138 valence electrons. The summed E-state index contributed by atoms with van der Waals surface area (Å²) < 4.78 is 15.9. The molecule has 1 nitrogen and oxygen atoms in total. The minimum atomic E-state index is -2.17. The normalized spacial score (nSPS) is 11.2. The molecule has 0 aliphatic heterocycles. The number of benzene rings is 4. The first-order chi connectivity index (χ1) is 13.7. The Kier molecular flexibility index (Phi) is 5.23. The predicted octanol–water partition coefficient (Wildman–Crippen LogP) is 5.17. The highest BCUT2D eigenvalue weighted by atomic mass is 31.2. The van der Waals surface area contributed by atoms with Gasteiger partial charge in [0.25, 0.3) is 0 Å². The summed E-state index contributed by atoms with van der Waals surface area (Å²) >= 11 is 0. The Morgan fingerprint density at radius 1 is 0.536 bits per heavy atom. The summed E-state index contributed by atoms with van der Waals surface area (Å²) in [5.41, 5.74) is 0.992. The molecule has 0 N–H and O–H groups in total. The Labute approximate surface area is 166 Å². The second-order valence-corrected chi connectivity index (χ2v) is 10.1. The minimum Gasteiger partial charge on any atom is -0.237 e. The smallest absolute Gasteiger partial charge is 0.202 e. The zero-order valence-corrected chi connectivity index (χ0v) is 16.6. The van der Waals surface area contributed by atoms with E-state index < -0.39 is 7.41 Å². The van der Waals surface area contributed by atoms with Crippen molar-refractivity contribution in [3.05, 3.63) is 121 Å². The molecule has 0 saturated carbocycles. The number of hydrogen-bond acceptors (Lipinski definition) is 1. The van der Waals surface area contributed by atoms with Crippen LogP contribution in [0.4, 0.5) is 10.1 Å². The van der Waals surface area contributed by atoms with Crippen LogP contribution in [0.25, 0.3) is 0 Å². The lowest BCUT2D eigenvalue weighted by molar-refractivity contribution is 0.628. The Balaban J connectivity index is 2.05. The molecule has 0 radical (unpaired) electrons. The van der Waals surface area contributed by atoms with Crippen LogP contribution in [0.2, 0.25) is 0 Å². The summed E-state index contributed by atoms with van der Waals surface area (Å²) in [6.45, 7) is 0. The lowest BCUT2D eigenvalue weighted by Gasteiger charge is -2.35. The van der Waals surface area contributed by atoms with E-state index in [-0.39, 0.29) is 5.82 Å². The van der Waals surface area contributed by atoms with Crippen LogP contribution >= 0.6 is 7.41 Å². The van der Waals surface area contributed by atoms with Crippen LogP contribution in [0.3, 0.4) is 0 Å². The van der Waals surface area contributed by atoms with Gasteiger partial charge in [-0.15, -0.1) is 0 Å². The third-order valence-electron chi connectivity index (χ3n) is 5.04. The second-order valence-electron chi connectivity index (χ2n) is 6.64. The molecule has 0 amide bonds. The van der Waals surface area contributed by atoms with Gasteiger partial charge in [0.1, 0.15) is 21.7 Å². The first-order valence-electron chi connectivity index (χ1n) is 9.28. The molecule has 0 atom stereocenters. The van der Waals surface area contributed by atoms with Crippen molar-refractivity contribution < 1.29 is 4.39 Å². The van der Waals surface area contributed by atoms with Gasteiger partial charge < -0.3 is 0 Å². The fraction of sp³-hybridized carbons (Fsp3) is 0.0400. The first-order valence-corrected chi connectivity index (χ1v) is 11.0. The van der Waals surface area contributed by atoms with Gasteiger partial charge in [0.2, 0.25) is 7.41 Å². The van der Waals surface area contributed by atoms with Crippen LogP contribution in [-0.2, 0) is 0 Å². The first kappa shape index (κ1) is 18.4. The maximum Gasteiger partial charge on any atom is 0.202 e. The Morgan fingerprint density at radius 2 is 0.893 bits per heavy atom. The van der Waals surface area contributed by atoms with Crippen molar-refractivity contribution in [2.75, 3.05) is 11.7 Å². The highest BCUT2D eigenvalue weighted by Gasteiger charge is 2.50. The highest BCUT2D eigenvalue weighted by Crippen LogP contribution is 2.59. The molecule has 0 saturated heterocycles. The average Bonchev–Trinajstić information content (AvgIpc) is 2.77. The molecule has 0 fully saturated rings. The van der Waals surface area contributed by atoms with E-state index in [1.165, 1.54) is 28.0 Å². The van der Waals surface area contributed by atoms with E-state index in [1.807, 2.05) is 30.3 Å². The van der Waals surface area contributed by atoms with Crippen LogP contribution in [0.5, 0.6) is 0 Å². The fourth-order valence-corrected chi connectivity index (χ4v) is 7.95. The summed E-state index contributed by atoms with van der Waals surface area (Å²) in [5, 5.41) is 3.79. The molecule has 0 bridgehead atoms. The van der Waals surface area contributed by atoms with Crippen molar-refractivity contribution in [3.8, 4) is 0 Å². The van der Waals surface area contributed by atoms with E-state index >= 15 is 0 Å². The summed E-state index contributed by atoms with van der Waals surface area (Å²) in [6.07, 6.45) is 0. The van der Waals surface area contributed by atoms with E-state index in [0.29, 0.717) is 0 Å². The molecule has 4 aromatic rings. The third kappa shape index (κ3) is 3.21. The van der Waals surface area contributed by atoms with E-state index in [0.717, 1.165) is 5.69 Å². The van der Waals surface area contributed by atoms with Gasteiger partial charge in [0, 0.05) is 7.05 Å². The maximum absolute atomic E-state index is 13.6. The molecule has 3 heteroatoms. The minimum absolute atomic E-state index is 0.222. The lowest BCUT2D eigenvalue weighted by atomic mass is 10.3. The molecule has 0 unspecified atom stereocenters. The number of halogens is 1. The fourth-order valence-electron chi connectivity index (χ4n) is 3.73. The van der Waals surface area contributed by atoms with E-state index in [2.05, 4.69) is 84.5 Å². The molecule has 0 spiro atoms. The maximum atomic E-state index is 13.6. The van der Waals surface area contributed by atoms with Crippen molar-refractivity contribution in [3.63, 3.8) is 0 Å². The van der Waals surface area contributed by atoms with Crippen LogP contribution in [0.1, 0.15) is 0 Å². The van der Waals surface area contributed by atoms with Gasteiger partial charge in [-0.3, -0.25) is 0 Å². The molecule has 4 rings (SSSR count). The Morgan fingerprint density at radius 3 is 1.25 bits per heavy atom. The van der Waals surface area contributed by atoms with Crippen LogP contribution in [0, 0.1) is 5.82 Å². The predicted molar refractivity (Wildman–Crippen MR) is 120 cm³/mol. The van der Waals surface area contributed by atoms with Crippen molar-refractivity contribution in [1.82, 2.24) is 0 Å². The summed E-state index contributed by atoms with van der Waals surface area (Å²) in [7, 11) is -0.0514. The zero-order valence-electron chi connectivity index (χ0n) is 15.7. The van der Waals surface area contributed by atoms with Crippen molar-refractivity contribution in [1.29, 1.82) is 0 Å². The summed E-state index contributed by atoms with van der Waals surface area (Å²) in [5.74, 6) is -0.222. The van der Waals surface area contributed by atoms with Gasteiger partial charge in [-0.05, 0) is 60.7 Å². The number of hydrogen-bond donors (Lipinski definition) is 0. The largest absolute Gasteiger partial charge is 0.237 e. The van der Waals surface area contributed by atoms with Gasteiger partial charge in [-0.1, -0.05) is 54.6 Å². The van der Waals surface area contributed by atoms with Gasteiger partial charge in [0.15, 0.2) is 0 Å². The van der Waals surface area contributed by atoms with Crippen LogP contribution < -0.4 is 20.6 Å². The molecule has 28 heavy (non-hydrogen) atoms. The molecule has 0 heterocycles. The summed E-state index contributed by atoms with van der Waals surface area (Å²) in [4.78, 5) is 0.